The molecule has 8 nitrogen and oxygen atoms in total. The van der Waals surface area contributed by atoms with Crippen LogP contribution in [0.3, 0.4) is 0 Å². The number of carbonyl (C=O) groups excluding carboxylic acids is 2. The van der Waals surface area contributed by atoms with E-state index in [-0.39, 0.29) is 41.0 Å². The predicted octanol–water partition coefficient (Wildman–Crippen LogP) is 13.7. The molecule has 0 fully saturated rings. The summed E-state index contributed by atoms with van der Waals surface area (Å²) in [6.45, 7) is 6.85. The van der Waals surface area contributed by atoms with Crippen LogP contribution in [0.25, 0.3) is 0 Å². The molecule has 3 atom stereocenters. The molecule has 0 aromatic heterocycles. The van der Waals surface area contributed by atoms with Crippen LogP contribution in [0.1, 0.15) is 86.2 Å². The molecule has 0 aliphatic carbocycles. The van der Waals surface area contributed by atoms with Gasteiger partial charge < -0.3 is 14.5 Å². The maximum Gasteiger partial charge on any atom is 0.435 e. The number of halogens is 13. The first-order valence-electron chi connectivity index (χ1n) is 18.6. The van der Waals surface area contributed by atoms with Gasteiger partial charge in [-0.05, 0) is 72.5 Å². The molecule has 0 saturated heterocycles. The first-order chi connectivity index (χ1) is 29.9. The summed E-state index contributed by atoms with van der Waals surface area (Å²) >= 11 is 28.6. The van der Waals surface area contributed by atoms with Gasteiger partial charge >= 0.3 is 12.4 Å². The molecule has 3 heterocycles. The first-order valence-corrected chi connectivity index (χ1v) is 20.5. The molecular weight excluding hydrogens is 968 g/mol. The minimum atomic E-state index is -4.92. The Kier molecular flexibility index (Phi) is 14.2. The van der Waals surface area contributed by atoms with Crippen molar-refractivity contribution in [3.8, 4) is 0 Å². The Labute approximate surface area is 384 Å². The van der Waals surface area contributed by atoms with Crippen molar-refractivity contribution in [2.24, 2.45) is 15.5 Å². The summed E-state index contributed by atoms with van der Waals surface area (Å²) in [4.78, 5) is 39.6. The monoisotopic (exact) mass is 995 g/mol. The van der Waals surface area contributed by atoms with Crippen LogP contribution in [0.5, 0.6) is 0 Å². The molecular formula is C43H30Cl5F8N3O5. The van der Waals surface area contributed by atoms with Gasteiger partial charge in [0.25, 0.3) is 11.2 Å². The third kappa shape index (κ3) is 9.62. The third-order valence-electron chi connectivity index (χ3n) is 10.4. The van der Waals surface area contributed by atoms with Crippen LogP contribution < -0.4 is 0 Å². The lowest BCUT2D eigenvalue weighted by Gasteiger charge is -2.29. The number of Topliss-reactive ketones (excluding diaryl/α,β-unsaturated/α-hetero) is 2. The molecule has 338 valence electrons. The normalized spacial score (nSPS) is 20.5. The quantitative estimate of drug-likeness (QED) is 0.0682. The van der Waals surface area contributed by atoms with Gasteiger partial charge in [0.2, 0.25) is 0 Å². The lowest BCUT2D eigenvalue weighted by Crippen LogP contribution is -2.42. The molecule has 3 aliphatic rings. The van der Waals surface area contributed by atoms with Crippen LogP contribution in [0.4, 0.5) is 35.1 Å². The first kappa shape index (κ1) is 48.7. The molecule has 64 heavy (non-hydrogen) atoms. The van der Waals surface area contributed by atoms with Crippen LogP contribution >= 0.6 is 58.0 Å². The highest BCUT2D eigenvalue weighted by Crippen LogP contribution is 2.51. The molecule has 0 bridgehead atoms. The molecule has 0 radical (unpaired) electrons. The Hall–Kier alpha value is -4.74. The van der Waals surface area contributed by atoms with E-state index < -0.39 is 85.4 Å². The zero-order valence-corrected chi connectivity index (χ0v) is 36.7. The number of oxime groups is 3. The molecule has 21 heteroatoms. The second-order valence-electron chi connectivity index (χ2n) is 14.8. The third-order valence-corrected chi connectivity index (χ3v) is 11.8. The number of benzene rings is 4. The van der Waals surface area contributed by atoms with Gasteiger partial charge in [-0.2, -0.15) is 26.3 Å². The summed E-state index contributed by atoms with van der Waals surface area (Å²) in [6, 6.07) is 12.4. The van der Waals surface area contributed by atoms with Gasteiger partial charge in [0.05, 0.1) is 37.9 Å². The van der Waals surface area contributed by atoms with E-state index >= 15 is 0 Å². The summed E-state index contributed by atoms with van der Waals surface area (Å²) < 4.78 is 112. The maximum atomic E-state index is 14.2. The minimum absolute atomic E-state index is 0.00435. The summed E-state index contributed by atoms with van der Waals surface area (Å²) in [5, 5.41) is 8.95. The van der Waals surface area contributed by atoms with Crippen molar-refractivity contribution >= 4 is 86.2 Å². The van der Waals surface area contributed by atoms with Gasteiger partial charge in [-0.3, -0.25) is 9.59 Å². The van der Waals surface area contributed by atoms with E-state index in [0.717, 1.165) is 24.3 Å². The van der Waals surface area contributed by atoms with E-state index in [0.29, 0.717) is 39.8 Å². The number of ketones is 2. The Balaban J connectivity index is 0.000000214. The smallest absolute Gasteiger partial charge is 0.391 e. The van der Waals surface area contributed by atoms with Gasteiger partial charge in [0.15, 0.2) is 23.2 Å². The number of allylic oxidation sites excluding steroid dienone is 1. The SMILES string of the molecule is C=CCC(=O)c1ccc(C2=NO[C@@](c3cc(Cl)c(F)c(Cl)c3)(C(F)(F)F)C2)cc1C.Cc1cc(C2=NO[C@@](c3cc(Cl)c(F)c(Cl)c3)(C(F)(F)F)C2)ccc1C(=O)CC1CC(Cl)=NO1. The molecule has 0 saturated carbocycles. The van der Waals surface area contributed by atoms with E-state index in [1.807, 2.05) is 0 Å². The Morgan fingerprint density at radius 3 is 1.44 bits per heavy atom. The standard InChI is InChI=1S/C22H15Cl3F4N2O3.C21H15Cl2F4NO2/c1-10-4-11(2-3-14(10)18(32)7-13-8-19(25)31-33-13)17-9-21(34-30-17,22(27,28)29)12-5-15(23)20(26)16(24)6-12;1-3-4-18(29)14-6-5-12(7-11(14)2)17-10-20(30-28-17,21(25,26)27)13-8-15(22)19(24)16(23)9-13/h2-6,13H,7-9H2,1H3;3,5-9H,1,4,10H2,2H3/t13?,21-;20-/m00/s1. The van der Waals surface area contributed by atoms with Crippen LogP contribution in [0, 0.1) is 25.5 Å². The van der Waals surface area contributed by atoms with Crippen molar-refractivity contribution in [2.45, 2.75) is 75.6 Å². The maximum absolute atomic E-state index is 14.2. The van der Waals surface area contributed by atoms with Gasteiger partial charge in [-0.1, -0.05) is 104 Å². The zero-order chi connectivity index (χ0) is 47.1. The average molecular weight is 998 g/mol. The lowest BCUT2D eigenvalue weighted by atomic mass is 9.86. The highest BCUT2D eigenvalue weighted by molar-refractivity contribution is 6.65. The van der Waals surface area contributed by atoms with Crippen molar-refractivity contribution in [3.63, 3.8) is 0 Å². The van der Waals surface area contributed by atoms with Gasteiger partial charge in [-0.25, -0.2) is 8.78 Å². The fraction of sp³-hybridized carbons (Fsp3) is 0.279. The van der Waals surface area contributed by atoms with Gasteiger partial charge in [-0.15, -0.1) is 6.58 Å². The Morgan fingerprint density at radius 2 is 1.09 bits per heavy atom. The van der Waals surface area contributed by atoms with Crippen LogP contribution in [-0.4, -0.2) is 46.6 Å². The molecule has 0 spiro atoms. The molecule has 4 aromatic rings. The van der Waals surface area contributed by atoms with E-state index in [1.165, 1.54) is 30.3 Å². The number of hydrogen-bond donors (Lipinski definition) is 0. The topological polar surface area (TPSA) is 98.9 Å². The number of nitrogens with zero attached hydrogens (tertiary/aromatic N) is 3. The summed E-state index contributed by atoms with van der Waals surface area (Å²) in [6.07, 6.45) is -9.65. The number of alkyl halides is 6. The predicted molar refractivity (Wildman–Crippen MR) is 226 cm³/mol. The van der Waals surface area contributed by atoms with E-state index in [1.54, 1.807) is 26.0 Å². The highest BCUT2D eigenvalue weighted by Gasteiger charge is 2.63. The van der Waals surface area contributed by atoms with E-state index in [4.69, 9.17) is 72.5 Å². The van der Waals surface area contributed by atoms with E-state index in [9.17, 15) is 44.7 Å². The fourth-order valence-electron chi connectivity index (χ4n) is 7.07. The zero-order valence-electron chi connectivity index (χ0n) is 33.0. The summed E-state index contributed by atoms with van der Waals surface area (Å²) in [5.74, 6) is -2.43. The number of rotatable bonds is 10. The summed E-state index contributed by atoms with van der Waals surface area (Å²) in [5.41, 5.74) is -4.03. The Morgan fingerprint density at radius 1 is 0.688 bits per heavy atom. The van der Waals surface area contributed by atoms with Crippen molar-refractivity contribution < 1.29 is 59.2 Å². The molecule has 3 aliphatic heterocycles. The van der Waals surface area contributed by atoms with Crippen LogP contribution in [0.15, 0.2) is 88.8 Å². The van der Waals surface area contributed by atoms with Crippen molar-refractivity contribution in [1.82, 2.24) is 0 Å². The molecule has 7 rings (SSSR count). The average Bonchev–Trinajstić information content (AvgIpc) is 3.98. The van der Waals surface area contributed by atoms with Gasteiger partial charge in [0.1, 0.15) is 11.3 Å². The lowest BCUT2D eigenvalue weighted by molar-refractivity contribution is -0.276. The second-order valence-corrected chi connectivity index (χ2v) is 16.8. The number of aryl methyl sites for hydroxylation is 2. The Bertz CT molecular complexity index is 2610. The van der Waals surface area contributed by atoms with Gasteiger partial charge in [0, 0.05) is 47.9 Å². The van der Waals surface area contributed by atoms with Crippen molar-refractivity contribution in [1.29, 1.82) is 0 Å². The number of hydrogen-bond acceptors (Lipinski definition) is 8. The minimum Gasteiger partial charge on any atom is -0.391 e. The number of carbonyl (C=O) groups is 2. The van der Waals surface area contributed by atoms with Crippen molar-refractivity contribution in [3.05, 3.63) is 150 Å². The van der Waals surface area contributed by atoms with Crippen LogP contribution in [-0.2, 0) is 25.7 Å². The molecule has 0 amide bonds. The second kappa shape index (κ2) is 18.6. The largest absolute Gasteiger partial charge is 0.435 e. The van der Waals surface area contributed by atoms with Crippen LogP contribution in [0.2, 0.25) is 20.1 Å². The fourth-order valence-corrected chi connectivity index (χ4v) is 8.25. The molecule has 1 unspecified atom stereocenters. The molecule has 4 aromatic carbocycles. The molecule has 0 N–H and O–H groups in total. The van der Waals surface area contributed by atoms with E-state index in [2.05, 4.69) is 22.0 Å². The summed E-state index contributed by atoms with van der Waals surface area (Å²) in [7, 11) is 0. The van der Waals surface area contributed by atoms with Crippen molar-refractivity contribution in [2.75, 3.05) is 0 Å². The highest BCUT2D eigenvalue weighted by atomic mass is 35.5.